The van der Waals surface area contributed by atoms with Crippen LogP contribution >= 0.6 is 0 Å². The fourth-order valence-electron chi connectivity index (χ4n) is 2.49. The predicted molar refractivity (Wildman–Crippen MR) is 61.7 cm³/mol. The van der Waals surface area contributed by atoms with E-state index in [0.717, 1.165) is 13.0 Å². The van der Waals surface area contributed by atoms with Crippen molar-refractivity contribution in [3.63, 3.8) is 0 Å². The van der Waals surface area contributed by atoms with Crippen LogP contribution in [-0.4, -0.2) is 29.2 Å². The van der Waals surface area contributed by atoms with Crippen molar-refractivity contribution in [3.8, 4) is 0 Å². The highest BCUT2D eigenvalue weighted by atomic mass is 16.3. The third kappa shape index (κ3) is 2.21. The minimum absolute atomic E-state index is 0.289. The van der Waals surface area contributed by atoms with Gasteiger partial charge >= 0.3 is 0 Å². The van der Waals surface area contributed by atoms with Gasteiger partial charge in [-0.1, -0.05) is 30.3 Å². The Hall–Kier alpha value is -0.860. The molecule has 2 heteroatoms. The van der Waals surface area contributed by atoms with E-state index in [0.29, 0.717) is 12.1 Å². The van der Waals surface area contributed by atoms with Gasteiger partial charge in [0, 0.05) is 12.1 Å². The van der Waals surface area contributed by atoms with Crippen LogP contribution in [0.3, 0.4) is 0 Å². The van der Waals surface area contributed by atoms with Crippen LogP contribution < -0.4 is 0 Å². The van der Waals surface area contributed by atoms with Gasteiger partial charge in [-0.25, -0.2) is 0 Å². The van der Waals surface area contributed by atoms with Crippen LogP contribution in [0, 0.1) is 0 Å². The highest BCUT2D eigenvalue weighted by Gasteiger charge is 2.28. The molecule has 0 unspecified atom stereocenters. The van der Waals surface area contributed by atoms with Gasteiger partial charge in [0.2, 0.25) is 0 Å². The van der Waals surface area contributed by atoms with Crippen LogP contribution in [-0.2, 0) is 0 Å². The molecule has 0 spiro atoms. The lowest BCUT2D eigenvalue weighted by Crippen LogP contribution is -2.34. The summed E-state index contributed by atoms with van der Waals surface area (Å²) in [5.41, 5.74) is 1.35. The number of hydrogen-bond donors (Lipinski definition) is 1. The lowest BCUT2D eigenvalue weighted by Gasteiger charge is -2.29. The molecule has 1 aromatic rings. The lowest BCUT2D eigenvalue weighted by molar-refractivity contribution is 0.126. The molecular weight excluding hydrogens is 186 g/mol. The molecule has 0 radical (unpaired) electrons. The van der Waals surface area contributed by atoms with Gasteiger partial charge in [0.1, 0.15) is 0 Å². The van der Waals surface area contributed by atoms with Crippen LogP contribution in [0.5, 0.6) is 0 Å². The zero-order valence-corrected chi connectivity index (χ0v) is 9.26. The Morgan fingerprint density at radius 2 is 2.13 bits per heavy atom. The molecule has 1 saturated heterocycles. The van der Waals surface area contributed by atoms with E-state index in [1.165, 1.54) is 12.0 Å². The van der Waals surface area contributed by atoms with Crippen LogP contribution in [0.1, 0.15) is 31.4 Å². The van der Waals surface area contributed by atoms with Gasteiger partial charge < -0.3 is 5.11 Å². The first-order chi connectivity index (χ1) is 7.33. The second kappa shape index (κ2) is 4.77. The molecule has 1 aromatic carbocycles. The van der Waals surface area contributed by atoms with Gasteiger partial charge in [-0.15, -0.1) is 0 Å². The summed E-state index contributed by atoms with van der Waals surface area (Å²) < 4.78 is 0. The monoisotopic (exact) mass is 205 g/mol. The number of nitrogens with zero attached hydrogens (tertiary/aromatic N) is 1. The first-order valence-corrected chi connectivity index (χ1v) is 5.74. The average molecular weight is 205 g/mol. The molecule has 1 N–H and O–H groups in total. The van der Waals surface area contributed by atoms with Gasteiger partial charge in [0.25, 0.3) is 0 Å². The Labute approximate surface area is 91.5 Å². The lowest BCUT2D eigenvalue weighted by atomic mass is 10.1. The maximum Gasteiger partial charge on any atom is 0.0587 e. The van der Waals surface area contributed by atoms with Gasteiger partial charge in [0.15, 0.2) is 0 Å². The molecule has 1 heterocycles. The summed E-state index contributed by atoms with van der Waals surface area (Å²) in [6, 6.07) is 11.3. The average Bonchev–Trinajstić information content (AvgIpc) is 2.77. The highest BCUT2D eigenvalue weighted by Crippen LogP contribution is 2.28. The van der Waals surface area contributed by atoms with E-state index < -0.39 is 0 Å². The number of hydrogen-bond acceptors (Lipinski definition) is 2. The fourth-order valence-corrected chi connectivity index (χ4v) is 2.49. The molecule has 1 aliphatic heterocycles. The van der Waals surface area contributed by atoms with Crippen LogP contribution in [0.4, 0.5) is 0 Å². The van der Waals surface area contributed by atoms with Crippen molar-refractivity contribution in [2.75, 3.05) is 13.2 Å². The zero-order valence-electron chi connectivity index (χ0n) is 9.26. The van der Waals surface area contributed by atoms with E-state index in [4.69, 9.17) is 0 Å². The minimum atomic E-state index is 0.289. The summed E-state index contributed by atoms with van der Waals surface area (Å²) in [5, 5.41) is 9.29. The first kappa shape index (κ1) is 10.7. The molecule has 1 aliphatic rings. The van der Waals surface area contributed by atoms with Crippen molar-refractivity contribution in [3.05, 3.63) is 35.9 Å². The van der Waals surface area contributed by atoms with Crippen LogP contribution in [0.2, 0.25) is 0 Å². The van der Waals surface area contributed by atoms with Crippen molar-refractivity contribution in [2.24, 2.45) is 0 Å². The fraction of sp³-hybridized carbons (Fsp3) is 0.538. The van der Waals surface area contributed by atoms with Crippen molar-refractivity contribution < 1.29 is 5.11 Å². The molecule has 2 atom stereocenters. The summed E-state index contributed by atoms with van der Waals surface area (Å²) in [5.74, 6) is 0. The minimum Gasteiger partial charge on any atom is -0.395 e. The number of aliphatic hydroxyl groups excluding tert-OH is 1. The smallest absolute Gasteiger partial charge is 0.0587 e. The molecule has 15 heavy (non-hydrogen) atoms. The van der Waals surface area contributed by atoms with E-state index in [2.05, 4.69) is 36.1 Å². The quantitative estimate of drug-likeness (QED) is 0.817. The Kier molecular flexibility index (Phi) is 3.39. The van der Waals surface area contributed by atoms with Crippen molar-refractivity contribution >= 4 is 0 Å². The molecule has 0 aromatic heterocycles. The molecule has 0 bridgehead atoms. The van der Waals surface area contributed by atoms with E-state index in [1.807, 2.05) is 6.07 Å². The summed E-state index contributed by atoms with van der Waals surface area (Å²) in [6.45, 7) is 3.63. The van der Waals surface area contributed by atoms with Gasteiger partial charge in [0.05, 0.1) is 6.61 Å². The van der Waals surface area contributed by atoms with E-state index in [9.17, 15) is 5.11 Å². The number of likely N-dealkylation sites (tertiary alicyclic amines) is 1. The Balaban J connectivity index is 2.10. The summed E-state index contributed by atoms with van der Waals surface area (Å²) in [7, 11) is 0. The van der Waals surface area contributed by atoms with Gasteiger partial charge in [-0.05, 0) is 31.9 Å². The zero-order chi connectivity index (χ0) is 10.7. The summed E-state index contributed by atoms with van der Waals surface area (Å²) in [4.78, 5) is 2.41. The van der Waals surface area contributed by atoms with E-state index in [1.54, 1.807) is 0 Å². The van der Waals surface area contributed by atoms with Crippen molar-refractivity contribution in [1.82, 2.24) is 4.90 Å². The SMILES string of the molecule is C[C@@H](c1ccccc1)N1CCC[C@H]1CO. The highest BCUT2D eigenvalue weighted by molar-refractivity contribution is 5.18. The standard InChI is InChI=1S/C13H19NO/c1-11(12-6-3-2-4-7-12)14-9-5-8-13(14)10-15/h2-4,6-7,11,13,15H,5,8-10H2,1H3/t11-,13-/m0/s1. The molecule has 1 fully saturated rings. The normalized spacial score (nSPS) is 24.3. The third-order valence-corrected chi connectivity index (χ3v) is 3.41. The molecular formula is C13H19NO. The number of aliphatic hydroxyl groups is 1. The molecule has 2 nitrogen and oxygen atoms in total. The maximum atomic E-state index is 9.29. The van der Waals surface area contributed by atoms with Gasteiger partial charge in [-0.2, -0.15) is 0 Å². The first-order valence-electron chi connectivity index (χ1n) is 5.74. The Morgan fingerprint density at radius 1 is 1.40 bits per heavy atom. The predicted octanol–water partition coefficient (Wildman–Crippen LogP) is 2.20. The second-order valence-electron chi connectivity index (χ2n) is 4.30. The summed E-state index contributed by atoms with van der Waals surface area (Å²) >= 11 is 0. The molecule has 0 aliphatic carbocycles. The Bertz CT molecular complexity index is 299. The third-order valence-electron chi connectivity index (χ3n) is 3.41. The van der Waals surface area contributed by atoms with Gasteiger partial charge in [-0.3, -0.25) is 4.90 Å². The molecule has 2 rings (SSSR count). The second-order valence-corrected chi connectivity index (χ2v) is 4.30. The Morgan fingerprint density at radius 3 is 2.80 bits per heavy atom. The van der Waals surface area contributed by atoms with Crippen LogP contribution in [0.15, 0.2) is 30.3 Å². The van der Waals surface area contributed by atoms with Crippen LogP contribution in [0.25, 0.3) is 0 Å². The number of benzene rings is 1. The topological polar surface area (TPSA) is 23.5 Å². The van der Waals surface area contributed by atoms with E-state index in [-0.39, 0.29) is 6.61 Å². The molecule has 0 amide bonds. The molecule has 82 valence electrons. The largest absolute Gasteiger partial charge is 0.395 e. The van der Waals surface area contributed by atoms with E-state index >= 15 is 0 Å². The molecule has 0 saturated carbocycles. The number of rotatable bonds is 3. The van der Waals surface area contributed by atoms with Crippen molar-refractivity contribution in [1.29, 1.82) is 0 Å². The maximum absolute atomic E-state index is 9.29. The summed E-state index contributed by atoms with van der Waals surface area (Å²) in [6.07, 6.45) is 2.34. The van der Waals surface area contributed by atoms with Crippen molar-refractivity contribution in [2.45, 2.75) is 31.8 Å².